The number of carbonyl (C=O) groups is 2. The van der Waals surface area contributed by atoms with E-state index in [1.807, 2.05) is 61.5 Å². The standard InChI is InChI=1S/C20H20N4O.C13H16N4O/c1-13-19-16(15-9-5-6-10-17(15)23-19)11-18(22-13)20(25)24-21-12-14-7-3-2-4-8-14;1-7-12-9(6-11(15-7)13(18)17-14)8-4-2-3-5-10(8)16-12/h2-10,12-13,18,22-23H,11H2,1H3,(H,24,25);2-5,7,11,15-16H,6,14H2,1H3,(H,17,18)/b21-12+;/t13-,18-;7-,11-/m00/s1. The van der Waals surface area contributed by atoms with Gasteiger partial charge in [-0.05, 0) is 55.5 Å². The smallest absolute Gasteiger partial charge is 0.257 e. The first-order valence-electron chi connectivity index (χ1n) is 14.5. The highest BCUT2D eigenvalue weighted by Crippen LogP contribution is 2.32. The van der Waals surface area contributed by atoms with Gasteiger partial charge >= 0.3 is 0 Å². The molecule has 2 aliphatic rings. The molecule has 10 heteroatoms. The minimum Gasteiger partial charge on any atom is -0.357 e. The second-order valence-electron chi connectivity index (χ2n) is 11.1. The van der Waals surface area contributed by atoms with E-state index in [1.165, 1.54) is 21.9 Å². The number of hydrogen-bond acceptors (Lipinski definition) is 6. The average Bonchev–Trinajstić information content (AvgIpc) is 3.61. The molecule has 2 aliphatic heterocycles. The van der Waals surface area contributed by atoms with E-state index in [0.29, 0.717) is 12.8 Å². The molecule has 43 heavy (non-hydrogen) atoms. The number of hydrazone groups is 1. The summed E-state index contributed by atoms with van der Waals surface area (Å²) in [5, 5.41) is 13.1. The molecule has 0 fully saturated rings. The second kappa shape index (κ2) is 12.2. The zero-order valence-corrected chi connectivity index (χ0v) is 24.1. The Balaban J connectivity index is 0.000000162. The first-order valence-corrected chi connectivity index (χ1v) is 14.5. The van der Waals surface area contributed by atoms with Crippen molar-refractivity contribution in [3.63, 3.8) is 0 Å². The normalized spacial score (nSPS) is 21.1. The van der Waals surface area contributed by atoms with Crippen LogP contribution in [-0.4, -0.2) is 40.1 Å². The molecule has 4 heterocycles. The fraction of sp³-hybridized carbons (Fsp3) is 0.242. The number of amides is 2. The highest BCUT2D eigenvalue weighted by atomic mass is 16.2. The molecule has 3 aromatic carbocycles. The lowest BCUT2D eigenvalue weighted by atomic mass is 9.94. The number of fused-ring (bicyclic) bond motifs is 6. The Morgan fingerprint density at radius 1 is 0.744 bits per heavy atom. The van der Waals surface area contributed by atoms with Crippen molar-refractivity contribution in [2.75, 3.05) is 0 Å². The summed E-state index contributed by atoms with van der Waals surface area (Å²) in [4.78, 5) is 31.1. The van der Waals surface area contributed by atoms with E-state index in [0.717, 1.165) is 28.0 Å². The van der Waals surface area contributed by atoms with Crippen LogP contribution in [0.1, 0.15) is 54.0 Å². The van der Waals surface area contributed by atoms with Gasteiger partial charge in [-0.2, -0.15) is 5.10 Å². The van der Waals surface area contributed by atoms with E-state index in [2.05, 4.69) is 67.7 Å². The van der Waals surface area contributed by atoms with Crippen molar-refractivity contribution in [3.8, 4) is 0 Å². The number of nitrogens with one attached hydrogen (secondary N) is 6. The molecule has 2 amide bonds. The maximum Gasteiger partial charge on any atom is 0.257 e. The van der Waals surface area contributed by atoms with Crippen molar-refractivity contribution in [3.05, 3.63) is 107 Å². The first kappa shape index (κ1) is 28.4. The van der Waals surface area contributed by atoms with Crippen LogP contribution in [0, 0.1) is 0 Å². The monoisotopic (exact) mass is 576 g/mol. The van der Waals surface area contributed by atoms with Gasteiger partial charge < -0.3 is 9.97 Å². The fourth-order valence-electron chi connectivity index (χ4n) is 6.14. The van der Waals surface area contributed by atoms with Crippen molar-refractivity contribution in [1.82, 2.24) is 31.5 Å². The summed E-state index contributed by atoms with van der Waals surface area (Å²) < 4.78 is 0. The van der Waals surface area contributed by atoms with Crippen LogP contribution in [0.25, 0.3) is 21.8 Å². The van der Waals surface area contributed by atoms with Crippen LogP contribution in [0.3, 0.4) is 0 Å². The molecular weight excluding hydrogens is 540 g/mol. The Morgan fingerprint density at radius 3 is 1.77 bits per heavy atom. The minimum absolute atomic E-state index is 0.0880. The summed E-state index contributed by atoms with van der Waals surface area (Å²) in [6.45, 7) is 4.12. The second-order valence-corrected chi connectivity index (χ2v) is 11.1. The van der Waals surface area contributed by atoms with Gasteiger partial charge in [0.05, 0.1) is 18.3 Å². The van der Waals surface area contributed by atoms with Crippen LogP contribution in [-0.2, 0) is 22.4 Å². The lowest BCUT2D eigenvalue weighted by Gasteiger charge is -2.27. The van der Waals surface area contributed by atoms with Gasteiger partial charge in [0.2, 0.25) is 0 Å². The highest BCUT2D eigenvalue weighted by molar-refractivity contribution is 5.90. The number of hydrogen-bond donors (Lipinski definition) is 7. The zero-order valence-electron chi connectivity index (χ0n) is 24.1. The van der Waals surface area contributed by atoms with Gasteiger partial charge in [0.25, 0.3) is 11.8 Å². The molecule has 0 aliphatic carbocycles. The predicted octanol–water partition coefficient (Wildman–Crippen LogP) is 3.63. The van der Waals surface area contributed by atoms with Gasteiger partial charge in [0.15, 0.2) is 0 Å². The van der Waals surface area contributed by atoms with Crippen molar-refractivity contribution < 1.29 is 9.59 Å². The number of rotatable bonds is 4. The zero-order chi connectivity index (χ0) is 29.9. The van der Waals surface area contributed by atoms with Gasteiger partial charge in [0.1, 0.15) is 0 Å². The summed E-state index contributed by atoms with van der Waals surface area (Å²) in [7, 11) is 0. The third-order valence-electron chi connectivity index (χ3n) is 8.24. The van der Waals surface area contributed by atoms with Crippen LogP contribution in [0.4, 0.5) is 0 Å². The Hall–Kier alpha value is -4.77. The average molecular weight is 577 g/mol. The van der Waals surface area contributed by atoms with E-state index >= 15 is 0 Å². The number of para-hydroxylation sites is 2. The van der Waals surface area contributed by atoms with Crippen molar-refractivity contribution in [1.29, 1.82) is 0 Å². The van der Waals surface area contributed by atoms with Gasteiger partial charge in [-0.1, -0.05) is 66.7 Å². The van der Waals surface area contributed by atoms with Crippen molar-refractivity contribution in [2.24, 2.45) is 10.9 Å². The number of hydrazine groups is 1. The number of aromatic amines is 2. The van der Waals surface area contributed by atoms with E-state index < -0.39 is 0 Å². The summed E-state index contributed by atoms with van der Waals surface area (Å²) in [5.74, 6) is 4.92. The largest absolute Gasteiger partial charge is 0.357 e. The molecule has 0 saturated carbocycles. The van der Waals surface area contributed by atoms with Crippen LogP contribution in [0.5, 0.6) is 0 Å². The molecule has 0 spiro atoms. The number of aromatic nitrogens is 2. The first-order chi connectivity index (χ1) is 20.9. The van der Waals surface area contributed by atoms with Gasteiger partial charge in [-0.25, -0.2) is 11.3 Å². The minimum atomic E-state index is -0.297. The topological polar surface area (TPSA) is 152 Å². The molecule has 7 rings (SSSR count). The lowest BCUT2D eigenvalue weighted by Crippen LogP contribution is -2.50. The Labute approximate surface area is 249 Å². The molecule has 2 aromatic heterocycles. The summed E-state index contributed by atoms with van der Waals surface area (Å²) in [6, 6.07) is 25.7. The van der Waals surface area contributed by atoms with E-state index in [1.54, 1.807) is 6.21 Å². The van der Waals surface area contributed by atoms with Crippen LogP contribution in [0.2, 0.25) is 0 Å². The van der Waals surface area contributed by atoms with E-state index in [9.17, 15) is 9.59 Å². The van der Waals surface area contributed by atoms with E-state index in [4.69, 9.17) is 5.84 Å². The van der Waals surface area contributed by atoms with Crippen LogP contribution in [0.15, 0.2) is 84.0 Å². The maximum atomic E-state index is 12.5. The molecule has 220 valence electrons. The van der Waals surface area contributed by atoms with Crippen molar-refractivity contribution in [2.45, 2.75) is 50.9 Å². The number of H-pyrrole nitrogens is 2. The Morgan fingerprint density at radius 2 is 1.23 bits per heavy atom. The van der Waals surface area contributed by atoms with Gasteiger partial charge in [-0.3, -0.25) is 25.6 Å². The SMILES string of the molecule is C[C@@H]1N[C@H](C(=O)N/N=C/c2ccccc2)Cc2c1[nH]c1ccccc21.C[C@@H]1N[C@H](C(=O)NN)Cc2c1[nH]c1ccccc21. The van der Waals surface area contributed by atoms with Crippen molar-refractivity contribution >= 4 is 39.8 Å². The number of benzene rings is 3. The third-order valence-corrected chi connectivity index (χ3v) is 8.24. The maximum absolute atomic E-state index is 12.5. The molecule has 4 atom stereocenters. The molecule has 8 N–H and O–H groups in total. The molecule has 0 radical (unpaired) electrons. The number of nitrogens with zero attached hydrogens (tertiary/aromatic N) is 1. The number of carbonyl (C=O) groups excluding carboxylic acids is 2. The Kier molecular flexibility index (Phi) is 8.06. The lowest BCUT2D eigenvalue weighted by molar-refractivity contribution is -0.124. The molecular formula is C33H36N8O2. The Bertz CT molecular complexity index is 1790. The summed E-state index contributed by atoms with van der Waals surface area (Å²) in [6.07, 6.45) is 2.96. The molecule has 0 unspecified atom stereocenters. The van der Waals surface area contributed by atoms with Crippen LogP contribution < -0.4 is 27.3 Å². The summed E-state index contributed by atoms with van der Waals surface area (Å²) >= 11 is 0. The molecule has 0 bridgehead atoms. The molecule has 10 nitrogen and oxygen atoms in total. The molecule has 0 saturated heterocycles. The summed E-state index contributed by atoms with van der Waals surface area (Å²) in [5.41, 5.74) is 12.8. The number of nitrogens with two attached hydrogens (primary N) is 1. The quantitative estimate of drug-likeness (QED) is 0.0754. The molecule has 5 aromatic rings. The third kappa shape index (κ3) is 5.80. The highest BCUT2D eigenvalue weighted by Gasteiger charge is 2.31. The van der Waals surface area contributed by atoms with Gasteiger partial charge in [-0.15, -0.1) is 0 Å². The van der Waals surface area contributed by atoms with Crippen LogP contribution >= 0.6 is 0 Å². The predicted molar refractivity (Wildman–Crippen MR) is 169 cm³/mol. The van der Waals surface area contributed by atoms with E-state index in [-0.39, 0.29) is 36.0 Å². The fourth-order valence-corrected chi connectivity index (χ4v) is 6.14. The van der Waals surface area contributed by atoms with Gasteiger partial charge in [0, 0.05) is 45.3 Å².